The molecule has 0 amide bonds. The number of aliphatic hydroxyl groups excluding tert-OH is 1. The fraction of sp³-hybridized carbons (Fsp3) is 0.429. The van der Waals surface area contributed by atoms with Gasteiger partial charge in [-0.15, -0.1) is 13.2 Å². The van der Waals surface area contributed by atoms with E-state index < -0.39 is 0 Å². The molecule has 0 aromatic carbocycles. The third-order valence-corrected chi connectivity index (χ3v) is 0. The molecule has 0 radical (unpaired) electrons. The lowest BCUT2D eigenvalue weighted by molar-refractivity contribution is 0.399. The third-order valence-electron chi connectivity index (χ3n) is 0. The summed E-state index contributed by atoms with van der Waals surface area (Å²) in [6.07, 6.45) is 3.50. The molecule has 0 aliphatic rings. The molecule has 8 heavy (non-hydrogen) atoms. The maximum absolute atomic E-state index is 7.00. The molecular formula is C7H16O. The van der Waals surface area contributed by atoms with Gasteiger partial charge in [-0.05, 0) is 13.8 Å². The average molecular weight is 116 g/mol. The molecule has 1 heteroatoms. The van der Waals surface area contributed by atoms with Crippen LogP contribution >= 0.6 is 0 Å². The number of rotatable bonds is 0. The van der Waals surface area contributed by atoms with Crippen molar-refractivity contribution in [1.82, 2.24) is 0 Å². The number of allylic oxidation sites excluding steroid dienone is 2. The molecule has 0 aromatic rings. The first-order valence-corrected chi connectivity index (χ1v) is 2.42. The summed E-state index contributed by atoms with van der Waals surface area (Å²) in [5, 5.41) is 7.00. The van der Waals surface area contributed by atoms with Gasteiger partial charge in [0, 0.05) is 7.11 Å². The lowest BCUT2D eigenvalue weighted by atomic mass is 10.8. The molecule has 50 valence electrons. The highest BCUT2D eigenvalue weighted by Gasteiger charge is 1.15. The van der Waals surface area contributed by atoms with E-state index in [1.807, 2.05) is 13.8 Å². The second-order valence-corrected chi connectivity index (χ2v) is 0.816. The Hall–Kier alpha value is -0.560. The largest absolute Gasteiger partial charge is 0.400 e. The van der Waals surface area contributed by atoms with E-state index in [2.05, 4.69) is 13.2 Å². The monoisotopic (exact) mass is 116 g/mol. The van der Waals surface area contributed by atoms with Crippen molar-refractivity contribution in [3.05, 3.63) is 25.3 Å². The summed E-state index contributed by atoms with van der Waals surface area (Å²) in [5.41, 5.74) is 0. The highest BCUT2D eigenvalue weighted by atomic mass is 16.2. The van der Waals surface area contributed by atoms with Crippen molar-refractivity contribution in [1.29, 1.82) is 0 Å². The van der Waals surface area contributed by atoms with Crippen LogP contribution in [0.1, 0.15) is 13.8 Å². The Morgan fingerprint density at radius 2 is 1.00 bits per heavy atom. The average Bonchev–Trinajstić information content (AvgIpc) is 1.75. The van der Waals surface area contributed by atoms with Crippen molar-refractivity contribution in [3.63, 3.8) is 0 Å². The Morgan fingerprint density at radius 1 is 1.00 bits per heavy atom. The van der Waals surface area contributed by atoms with Crippen LogP contribution in [-0.2, 0) is 0 Å². The van der Waals surface area contributed by atoms with Crippen LogP contribution in [0.4, 0.5) is 0 Å². The van der Waals surface area contributed by atoms with E-state index in [4.69, 9.17) is 5.11 Å². The van der Waals surface area contributed by atoms with Crippen molar-refractivity contribution < 1.29 is 5.11 Å². The van der Waals surface area contributed by atoms with E-state index in [-0.39, 0.29) is 0 Å². The minimum atomic E-state index is 1.00. The zero-order valence-corrected chi connectivity index (χ0v) is 6.02. The fourth-order valence-corrected chi connectivity index (χ4v) is 0. The maximum Gasteiger partial charge on any atom is 0.0319 e. The molecule has 0 rings (SSSR count). The Labute approximate surface area is 52.4 Å². The standard InChI is InChI=1S/2C3H6.CH4O/c2*1-3-2;1-2/h2*3H,1H2,2H3;2H,1H3. The van der Waals surface area contributed by atoms with Gasteiger partial charge in [0.2, 0.25) is 0 Å². The highest BCUT2D eigenvalue weighted by molar-refractivity contribution is 4.51. The molecule has 0 heterocycles. The summed E-state index contributed by atoms with van der Waals surface area (Å²) in [7, 11) is 1.00. The van der Waals surface area contributed by atoms with Gasteiger partial charge >= 0.3 is 0 Å². The lowest BCUT2D eigenvalue weighted by Gasteiger charge is -1.31. The molecule has 0 fully saturated rings. The first-order chi connectivity index (χ1) is 3.83. The van der Waals surface area contributed by atoms with Crippen molar-refractivity contribution in [2.75, 3.05) is 7.11 Å². The zero-order valence-electron chi connectivity index (χ0n) is 6.02. The molecule has 0 aromatic heterocycles. The van der Waals surface area contributed by atoms with E-state index in [9.17, 15) is 0 Å². The molecule has 1 nitrogen and oxygen atoms in total. The molecule has 0 spiro atoms. The quantitative estimate of drug-likeness (QED) is 0.480. The minimum Gasteiger partial charge on any atom is -0.400 e. The molecule has 0 saturated heterocycles. The fourth-order valence-electron chi connectivity index (χ4n) is 0. The van der Waals surface area contributed by atoms with Gasteiger partial charge in [0.25, 0.3) is 0 Å². The van der Waals surface area contributed by atoms with Gasteiger partial charge in [-0.2, -0.15) is 0 Å². The van der Waals surface area contributed by atoms with Crippen molar-refractivity contribution in [2.24, 2.45) is 0 Å². The topological polar surface area (TPSA) is 20.2 Å². The molecule has 0 atom stereocenters. The molecule has 0 bridgehead atoms. The van der Waals surface area contributed by atoms with Crippen LogP contribution in [0, 0.1) is 0 Å². The van der Waals surface area contributed by atoms with Gasteiger partial charge < -0.3 is 5.11 Å². The van der Waals surface area contributed by atoms with Crippen LogP contribution < -0.4 is 0 Å². The van der Waals surface area contributed by atoms with E-state index in [1.165, 1.54) is 0 Å². The predicted molar refractivity (Wildman–Crippen MR) is 39.9 cm³/mol. The summed E-state index contributed by atoms with van der Waals surface area (Å²) >= 11 is 0. The van der Waals surface area contributed by atoms with Gasteiger partial charge in [-0.25, -0.2) is 0 Å². The molecule has 0 aliphatic carbocycles. The summed E-state index contributed by atoms with van der Waals surface area (Å²) in [4.78, 5) is 0. The van der Waals surface area contributed by atoms with Crippen LogP contribution in [0.15, 0.2) is 25.3 Å². The minimum absolute atomic E-state index is 1.00. The van der Waals surface area contributed by atoms with E-state index in [0.717, 1.165) is 7.11 Å². The van der Waals surface area contributed by atoms with E-state index in [0.29, 0.717) is 0 Å². The smallest absolute Gasteiger partial charge is 0.0319 e. The molecule has 0 unspecified atom stereocenters. The van der Waals surface area contributed by atoms with Gasteiger partial charge in [0.05, 0.1) is 0 Å². The Kier molecular flexibility index (Phi) is 180. The summed E-state index contributed by atoms with van der Waals surface area (Å²) in [6, 6.07) is 0. The van der Waals surface area contributed by atoms with Crippen LogP contribution in [0.3, 0.4) is 0 Å². The Morgan fingerprint density at radius 3 is 1.00 bits per heavy atom. The maximum atomic E-state index is 7.00. The second kappa shape index (κ2) is 91.9. The van der Waals surface area contributed by atoms with Crippen LogP contribution in [0.2, 0.25) is 0 Å². The molecule has 0 aliphatic heterocycles. The number of hydrogen-bond acceptors (Lipinski definition) is 1. The second-order valence-electron chi connectivity index (χ2n) is 0.816. The van der Waals surface area contributed by atoms with Crippen LogP contribution in [0.25, 0.3) is 0 Å². The van der Waals surface area contributed by atoms with Crippen LogP contribution in [-0.4, -0.2) is 12.2 Å². The van der Waals surface area contributed by atoms with E-state index in [1.54, 1.807) is 12.2 Å². The predicted octanol–water partition coefficient (Wildman–Crippen LogP) is 1.99. The van der Waals surface area contributed by atoms with Gasteiger partial charge in [0.1, 0.15) is 0 Å². The first-order valence-electron chi connectivity index (χ1n) is 2.42. The number of hydrogen-bond donors (Lipinski definition) is 1. The zero-order chi connectivity index (χ0) is 7.41. The van der Waals surface area contributed by atoms with Gasteiger partial charge in [-0.3, -0.25) is 0 Å². The summed E-state index contributed by atoms with van der Waals surface area (Å²) in [5.74, 6) is 0. The van der Waals surface area contributed by atoms with Gasteiger partial charge in [0.15, 0.2) is 0 Å². The Balaban J connectivity index is -0.0000000483. The van der Waals surface area contributed by atoms with Crippen LogP contribution in [0.5, 0.6) is 0 Å². The lowest BCUT2D eigenvalue weighted by Crippen LogP contribution is -1.25. The van der Waals surface area contributed by atoms with Crippen molar-refractivity contribution in [2.45, 2.75) is 13.8 Å². The van der Waals surface area contributed by atoms with E-state index >= 15 is 0 Å². The van der Waals surface area contributed by atoms with Crippen molar-refractivity contribution >= 4 is 0 Å². The van der Waals surface area contributed by atoms with Gasteiger partial charge in [-0.1, -0.05) is 12.2 Å². The summed E-state index contributed by atoms with van der Waals surface area (Å²) < 4.78 is 0. The third kappa shape index (κ3) is 342. The highest BCUT2D eigenvalue weighted by Crippen LogP contribution is 1.38. The van der Waals surface area contributed by atoms with Crippen molar-refractivity contribution in [3.8, 4) is 0 Å². The molecular weight excluding hydrogens is 100 g/mol. The molecule has 0 saturated carbocycles. The number of aliphatic hydroxyl groups is 1. The first kappa shape index (κ1) is 15.7. The SMILES string of the molecule is C=CC.C=CC.CO. The normalized spacial score (nSPS) is 4.00. The summed E-state index contributed by atoms with van der Waals surface area (Å²) in [6.45, 7) is 10.5. The molecule has 1 N–H and O–H groups in total. The Bertz CT molecular complexity index is 25.4.